The highest BCUT2D eigenvalue weighted by Crippen LogP contribution is 2.27. The van der Waals surface area contributed by atoms with Gasteiger partial charge in [0, 0.05) is 26.2 Å². The maximum absolute atomic E-state index is 9.57. The van der Waals surface area contributed by atoms with Crippen molar-refractivity contribution in [3.8, 4) is 0 Å². The molecular weight excluding hydrogens is 216 g/mol. The number of ether oxygens (including phenoxy) is 1. The summed E-state index contributed by atoms with van der Waals surface area (Å²) in [4.78, 5) is 2.45. The lowest BCUT2D eigenvalue weighted by atomic mass is 10.0. The first-order chi connectivity index (χ1) is 8.15. The van der Waals surface area contributed by atoms with Crippen LogP contribution in [0.5, 0.6) is 0 Å². The van der Waals surface area contributed by atoms with E-state index in [-0.39, 0.29) is 12.1 Å². The Morgan fingerprint density at radius 1 is 1.47 bits per heavy atom. The molecule has 1 aliphatic rings. The van der Waals surface area contributed by atoms with Crippen molar-refractivity contribution in [2.45, 2.75) is 44.7 Å². The fourth-order valence-electron chi connectivity index (χ4n) is 2.08. The molecule has 0 aromatic heterocycles. The van der Waals surface area contributed by atoms with Crippen LogP contribution in [0.1, 0.15) is 33.1 Å². The lowest BCUT2D eigenvalue weighted by molar-refractivity contribution is 0.0907. The van der Waals surface area contributed by atoms with Crippen LogP contribution in [0.2, 0.25) is 0 Å². The van der Waals surface area contributed by atoms with Crippen molar-refractivity contribution in [2.24, 2.45) is 0 Å². The molecule has 2 N–H and O–H groups in total. The van der Waals surface area contributed by atoms with Crippen molar-refractivity contribution in [1.82, 2.24) is 10.2 Å². The van der Waals surface area contributed by atoms with Gasteiger partial charge in [-0.2, -0.15) is 0 Å². The maximum atomic E-state index is 9.57. The Morgan fingerprint density at radius 2 is 2.18 bits per heavy atom. The SMILES string of the molecule is CCCNC(C)(CO)CN(CCOC)C1CC1. The van der Waals surface area contributed by atoms with Crippen LogP contribution in [-0.2, 0) is 4.74 Å². The smallest absolute Gasteiger partial charge is 0.0623 e. The number of aliphatic hydroxyl groups is 1. The average molecular weight is 244 g/mol. The third-order valence-electron chi connectivity index (χ3n) is 3.35. The summed E-state index contributed by atoms with van der Waals surface area (Å²) in [5.41, 5.74) is -0.188. The summed E-state index contributed by atoms with van der Waals surface area (Å²) in [5.74, 6) is 0. The largest absolute Gasteiger partial charge is 0.394 e. The second-order valence-corrected chi connectivity index (χ2v) is 5.34. The molecule has 0 aromatic carbocycles. The molecule has 1 saturated carbocycles. The van der Waals surface area contributed by atoms with E-state index < -0.39 is 0 Å². The minimum absolute atomic E-state index is 0.184. The Bertz CT molecular complexity index is 210. The van der Waals surface area contributed by atoms with Crippen molar-refractivity contribution < 1.29 is 9.84 Å². The highest BCUT2D eigenvalue weighted by molar-refractivity contribution is 4.92. The molecule has 1 atom stereocenters. The molecule has 1 aliphatic carbocycles. The predicted molar refractivity (Wildman–Crippen MR) is 70.3 cm³/mol. The average Bonchev–Trinajstić information content (AvgIpc) is 3.16. The lowest BCUT2D eigenvalue weighted by Gasteiger charge is -2.35. The zero-order valence-electron chi connectivity index (χ0n) is 11.5. The number of methoxy groups -OCH3 is 1. The molecule has 4 nitrogen and oxygen atoms in total. The fourth-order valence-corrected chi connectivity index (χ4v) is 2.08. The Kier molecular flexibility index (Phi) is 6.41. The van der Waals surface area contributed by atoms with Crippen molar-refractivity contribution in [3.05, 3.63) is 0 Å². The third-order valence-corrected chi connectivity index (χ3v) is 3.35. The van der Waals surface area contributed by atoms with Crippen molar-refractivity contribution in [2.75, 3.05) is 40.0 Å². The van der Waals surface area contributed by atoms with Crippen molar-refractivity contribution in [1.29, 1.82) is 0 Å². The van der Waals surface area contributed by atoms with E-state index in [0.717, 1.165) is 32.7 Å². The van der Waals surface area contributed by atoms with Crippen molar-refractivity contribution in [3.63, 3.8) is 0 Å². The molecule has 1 unspecified atom stereocenters. The van der Waals surface area contributed by atoms with E-state index in [4.69, 9.17) is 4.74 Å². The first-order valence-electron chi connectivity index (χ1n) is 6.74. The first kappa shape index (κ1) is 14.9. The third kappa shape index (κ3) is 5.34. The number of rotatable bonds is 10. The van der Waals surface area contributed by atoms with Gasteiger partial charge in [-0.15, -0.1) is 0 Å². The summed E-state index contributed by atoms with van der Waals surface area (Å²) in [6, 6.07) is 0.708. The summed E-state index contributed by atoms with van der Waals surface area (Å²) >= 11 is 0. The summed E-state index contributed by atoms with van der Waals surface area (Å²) in [7, 11) is 1.74. The van der Waals surface area contributed by atoms with Gasteiger partial charge in [0.2, 0.25) is 0 Å². The minimum Gasteiger partial charge on any atom is -0.394 e. The van der Waals surface area contributed by atoms with Crippen LogP contribution in [-0.4, -0.2) is 61.5 Å². The van der Waals surface area contributed by atoms with Gasteiger partial charge in [0.05, 0.1) is 18.8 Å². The van der Waals surface area contributed by atoms with Crippen molar-refractivity contribution >= 4 is 0 Å². The molecule has 102 valence electrons. The highest BCUT2D eigenvalue weighted by atomic mass is 16.5. The Hall–Kier alpha value is -0.160. The summed E-state index contributed by atoms with van der Waals surface area (Å²) < 4.78 is 5.15. The van der Waals surface area contributed by atoms with E-state index >= 15 is 0 Å². The van der Waals surface area contributed by atoms with Gasteiger partial charge in [-0.3, -0.25) is 4.90 Å². The van der Waals surface area contributed by atoms with Gasteiger partial charge in [-0.1, -0.05) is 6.92 Å². The normalized spacial score (nSPS) is 19.6. The number of nitrogens with zero attached hydrogens (tertiary/aromatic N) is 1. The Balaban J connectivity index is 2.43. The molecule has 0 spiro atoms. The molecule has 0 radical (unpaired) electrons. The molecule has 4 heteroatoms. The van der Waals surface area contributed by atoms with Crippen LogP contribution in [0.3, 0.4) is 0 Å². The monoisotopic (exact) mass is 244 g/mol. The van der Waals surface area contributed by atoms with Crippen LogP contribution < -0.4 is 5.32 Å². The number of hydrogen-bond acceptors (Lipinski definition) is 4. The van der Waals surface area contributed by atoms with Gasteiger partial charge in [0.15, 0.2) is 0 Å². The lowest BCUT2D eigenvalue weighted by Crippen LogP contribution is -2.55. The molecule has 0 amide bonds. The van der Waals surface area contributed by atoms with E-state index in [9.17, 15) is 5.11 Å². The van der Waals surface area contributed by atoms with Gasteiger partial charge < -0.3 is 15.2 Å². The van der Waals surface area contributed by atoms with E-state index in [0.29, 0.717) is 6.04 Å². The standard InChI is InChI=1S/C13H28N2O2/c1-4-7-14-13(2,11-16)10-15(8-9-17-3)12-5-6-12/h12,14,16H,4-11H2,1-3H3. The maximum Gasteiger partial charge on any atom is 0.0623 e. The molecule has 0 aliphatic heterocycles. The van der Waals surface area contributed by atoms with Crippen LogP contribution >= 0.6 is 0 Å². The molecule has 1 rings (SSSR count). The first-order valence-corrected chi connectivity index (χ1v) is 6.74. The van der Waals surface area contributed by atoms with Crippen LogP contribution in [0, 0.1) is 0 Å². The second-order valence-electron chi connectivity index (χ2n) is 5.34. The highest BCUT2D eigenvalue weighted by Gasteiger charge is 2.34. The Morgan fingerprint density at radius 3 is 2.65 bits per heavy atom. The molecular formula is C13H28N2O2. The van der Waals surface area contributed by atoms with Gasteiger partial charge in [-0.05, 0) is 32.7 Å². The minimum atomic E-state index is -0.188. The Labute approximate surface area is 105 Å². The predicted octanol–water partition coefficient (Wildman–Crippen LogP) is 0.848. The zero-order chi connectivity index (χ0) is 12.7. The van der Waals surface area contributed by atoms with Gasteiger partial charge in [0.1, 0.15) is 0 Å². The molecule has 17 heavy (non-hydrogen) atoms. The number of nitrogens with one attached hydrogen (secondary N) is 1. The second kappa shape index (κ2) is 7.31. The van der Waals surface area contributed by atoms with E-state index in [1.165, 1.54) is 12.8 Å². The summed E-state index contributed by atoms with van der Waals surface area (Å²) in [6.07, 6.45) is 3.68. The zero-order valence-corrected chi connectivity index (χ0v) is 11.5. The van der Waals surface area contributed by atoms with E-state index in [1.807, 2.05) is 0 Å². The van der Waals surface area contributed by atoms with Crippen LogP contribution in [0.4, 0.5) is 0 Å². The molecule has 0 saturated heterocycles. The molecule has 1 fully saturated rings. The van der Waals surface area contributed by atoms with Gasteiger partial charge in [0.25, 0.3) is 0 Å². The van der Waals surface area contributed by atoms with E-state index in [1.54, 1.807) is 7.11 Å². The summed E-state index contributed by atoms with van der Waals surface area (Å²) in [5, 5.41) is 13.0. The quantitative estimate of drug-likeness (QED) is 0.598. The van der Waals surface area contributed by atoms with Gasteiger partial charge in [-0.25, -0.2) is 0 Å². The molecule has 0 bridgehead atoms. The fraction of sp³-hybridized carbons (Fsp3) is 1.00. The van der Waals surface area contributed by atoms with Crippen LogP contribution in [0.25, 0.3) is 0 Å². The summed E-state index contributed by atoms with van der Waals surface area (Å²) in [6.45, 7) is 8.02. The molecule has 0 aromatic rings. The van der Waals surface area contributed by atoms with Gasteiger partial charge >= 0.3 is 0 Å². The molecule has 0 heterocycles. The van der Waals surface area contributed by atoms with Crippen LogP contribution in [0.15, 0.2) is 0 Å². The van der Waals surface area contributed by atoms with E-state index in [2.05, 4.69) is 24.1 Å². The topological polar surface area (TPSA) is 44.7 Å². The number of hydrogen-bond donors (Lipinski definition) is 2. The number of aliphatic hydroxyl groups excluding tert-OH is 1.